The smallest absolute Gasteiger partial charge is 0.248 e. The van der Waals surface area contributed by atoms with E-state index in [-0.39, 0.29) is 17.2 Å². The SMILES string of the molecule is C[C@@H](NC(=O)C12CC3CC(CC(C3)C1)C2)C(=O)Nc1nnc(C2CC2)s1. The van der Waals surface area contributed by atoms with Gasteiger partial charge in [-0.3, -0.25) is 14.9 Å². The first-order valence-corrected chi connectivity index (χ1v) is 10.8. The van der Waals surface area contributed by atoms with Crippen LogP contribution in [0.2, 0.25) is 0 Å². The van der Waals surface area contributed by atoms with Crippen molar-refractivity contribution < 1.29 is 9.59 Å². The third-order valence-corrected chi connectivity index (χ3v) is 7.86. The molecule has 0 radical (unpaired) electrons. The van der Waals surface area contributed by atoms with E-state index < -0.39 is 6.04 Å². The lowest BCUT2D eigenvalue weighted by atomic mass is 9.49. The number of nitrogens with one attached hydrogen (secondary N) is 2. The highest BCUT2D eigenvalue weighted by Crippen LogP contribution is 2.60. The second-order valence-corrected chi connectivity index (χ2v) is 10.1. The van der Waals surface area contributed by atoms with Crippen LogP contribution in [-0.4, -0.2) is 28.1 Å². The maximum absolute atomic E-state index is 13.0. The molecule has 1 atom stereocenters. The summed E-state index contributed by atoms with van der Waals surface area (Å²) >= 11 is 1.45. The van der Waals surface area contributed by atoms with Gasteiger partial charge in [0.05, 0.1) is 0 Å². The Labute approximate surface area is 157 Å². The molecule has 0 unspecified atom stereocenters. The Bertz CT molecular complexity index is 706. The molecule has 140 valence electrons. The second-order valence-electron chi connectivity index (χ2n) is 9.10. The fraction of sp³-hybridized carbons (Fsp3) is 0.789. The highest BCUT2D eigenvalue weighted by Gasteiger charge is 2.54. The zero-order chi connectivity index (χ0) is 17.9. The van der Waals surface area contributed by atoms with Crippen molar-refractivity contribution in [1.29, 1.82) is 0 Å². The van der Waals surface area contributed by atoms with Crippen LogP contribution in [0.15, 0.2) is 0 Å². The van der Waals surface area contributed by atoms with Crippen LogP contribution >= 0.6 is 11.3 Å². The summed E-state index contributed by atoms with van der Waals surface area (Å²) in [5, 5.41) is 15.6. The maximum Gasteiger partial charge on any atom is 0.248 e. The summed E-state index contributed by atoms with van der Waals surface area (Å²) in [6.45, 7) is 1.76. The van der Waals surface area contributed by atoms with Crippen molar-refractivity contribution >= 4 is 28.3 Å². The fourth-order valence-electron chi connectivity index (χ4n) is 5.80. The molecule has 1 aromatic rings. The van der Waals surface area contributed by atoms with E-state index >= 15 is 0 Å². The predicted molar refractivity (Wildman–Crippen MR) is 98.7 cm³/mol. The van der Waals surface area contributed by atoms with Crippen molar-refractivity contribution in [2.24, 2.45) is 23.2 Å². The van der Waals surface area contributed by atoms with Gasteiger partial charge in [-0.1, -0.05) is 11.3 Å². The van der Waals surface area contributed by atoms with E-state index in [1.807, 2.05) is 0 Å². The minimum absolute atomic E-state index is 0.0928. The molecule has 7 heteroatoms. The van der Waals surface area contributed by atoms with Crippen molar-refractivity contribution in [1.82, 2.24) is 15.5 Å². The van der Waals surface area contributed by atoms with Gasteiger partial charge in [-0.2, -0.15) is 0 Å². The molecule has 1 heterocycles. The lowest BCUT2D eigenvalue weighted by Gasteiger charge is -2.55. The summed E-state index contributed by atoms with van der Waals surface area (Å²) < 4.78 is 0. The van der Waals surface area contributed by atoms with Gasteiger partial charge in [0.25, 0.3) is 0 Å². The number of nitrogens with zero attached hydrogens (tertiary/aromatic N) is 2. The third-order valence-electron chi connectivity index (χ3n) is 6.86. The second kappa shape index (κ2) is 6.01. The molecule has 0 saturated heterocycles. The maximum atomic E-state index is 13.0. The topological polar surface area (TPSA) is 84.0 Å². The Morgan fingerprint density at radius 2 is 1.69 bits per heavy atom. The Hall–Kier alpha value is -1.50. The Morgan fingerprint density at radius 3 is 2.27 bits per heavy atom. The fourth-order valence-corrected chi connectivity index (χ4v) is 6.71. The lowest BCUT2D eigenvalue weighted by Crippen LogP contribution is -2.56. The molecule has 5 fully saturated rings. The number of anilines is 1. The summed E-state index contributed by atoms with van der Waals surface area (Å²) in [6, 6.07) is -0.552. The standard InChI is InChI=1S/C19H26N4O2S/c1-10(15(24)21-18-23-22-16(26-18)14-2-3-14)20-17(25)19-7-11-4-12(8-19)6-13(5-11)9-19/h10-14H,2-9H2,1H3,(H,20,25)(H,21,23,24)/t10-,11?,12?,13?,19?/m1/s1. The zero-order valence-electron chi connectivity index (χ0n) is 15.2. The highest BCUT2D eigenvalue weighted by molar-refractivity contribution is 7.15. The van der Waals surface area contributed by atoms with Crippen LogP contribution in [0.25, 0.3) is 0 Å². The molecule has 0 spiro atoms. The number of carbonyl (C=O) groups is 2. The van der Waals surface area contributed by atoms with E-state index in [9.17, 15) is 9.59 Å². The summed E-state index contributed by atoms with van der Waals surface area (Å²) in [5.74, 6) is 2.58. The Kier molecular flexibility index (Phi) is 3.85. The van der Waals surface area contributed by atoms with Gasteiger partial charge in [-0.15, -0.1) is 10.2 Å². The molecule has 2 amide bonds. The molecule has 4 bridgehead atoms. The largest absolute Gasteiger partial charge is 0.344 e. The van der Waals surface area contributed by atoms with E-state index in [4.69, 9.17) is 0 Å². The van der Waals surface area contributed by atoms with Crippen molar-refractivity contribution in [2.45, 2.75) is 70.3 Å². The van der Waals surface area contributed by atoms with E-state index in [0.717, 1.165) is 42.0 Å². The normalized spacial score (nSPS) is 36.0. The number of hydrogen-bond donors (Lipinski definition) is 2. The minimum Gasteiger partial charge on any atom is -0.344 e. The molecule has 6 nitrogen and oxygen atoms in total. The molecule has 2 N–H and O–H groups in total. The van der Waals surface area contributed by atoms with Crippen LogP contribution < -0.4 is 10.6 Å². The molecule has 26 heavy (non-hydrogen) atoms. The van der Waals surface area contributed by atoms with Gasteiger partial charge in [0, 0.05) is 11.3 Å². The number of aromatic nitrogens is 2. The van der Waals surface area contributed by atoms with Crippen LogP contribution in [-0.2, 0) is 9.59 Å². The van der Waals surface area contributed by atoms with Gasteiger partial charge < -0.3 is 5.32 Å². The quantitative estimate of drug-likeness (QED) is 0.829. The third kappa shape index (κ3) is 2.94. The van der Waals surface area contributed by atoms with E-state index in [0.29, 0.717) is 11.0 Å². The van der Waals surface area contributed by atoms with Crippen LogP contribution in [0.1, 0.15) is 69.2 Å². The van der Waals surface area contributed by atoms with Crippen LogP contribution in [0, 0.1) is 23.2 Å². The van der Waals surface area contributed by atoms with Gasteiger partial charge in [-0.25, -0.2) is 0 Å². The molecule has 0 aromatic carbocycles. The van der Waals surface area contributed by atoms with Crippen LogP contribution in [0.4, 0.5) is 5.13 Å². The molecule has 6 rings (SSSR count). The first kappa shape index (κ1) is 16.7. The van der Waals surface area contributed by atoms with Gasteiger partial charge in [-0.05, 0) is 76.0 Å². The average Bonchev–Trinajstić information content (AvgIpc) is 3.33. The van der Waals surface area contributed by atoms with Crippen molar-refractivity contribution in [2.75, 3.05) is 5.32 Å². The molecular weight excluding hydrogens is 348 g/mol. The average molecular weight is 375 g/mol. The van der Waals surface area contributed by atoms with Gasteiger partial charge >= 0.3 is 0 Å². The Morgan fingerprint density at radius 1 is 1.08 bits per heavy atom. The Balaban J connectivity index is 1.21. The minimum atomic E-state index is -0.552. The zero-order valence-corrected chi connectivity index (χ0v) is 16.0. The van der Waals surface area contributed by atoms with Gasteiger partial charge in [0.1, 0.15) is 11.0 Å². The van der Waals surface area contributed by atoms with E-state index in [2.05, 4.69) is 20.8 Å². The molecular formula is C19H26N4O2S. The molecule has 5 saturated carbocycles. The molecule has 1 aromatic heterocycles. The highest BCUT2D eigenvalue weighted by atomic mass is 32.1. The summed E-state index contributed by atoms with van der Waals surface area (Å²) in [4.78, 5) is 25.5. The van der Waals surface area contributed by atoms with Gasteiger partial charge in [0.2, 0.25) is 16.9 Å². The number of amides is 2. The number of carbonyl (C=O) groups excluding carboxylic acids is 2. The monoisotopic (exact) mass is 374 g/mol. The van der Waals surface area contributed by atoms with Crippen molar-refractivity contribution in [3.05, 3.63) is 5.01 Å². The lowest BCUT2D eigenvalue weighted by molar-refractivity contribution is -0.147. The van der Waals surface area contributed by atoms with E-state index in [1.54, 1.807) is 6.92 Å². The van der Waals surface area contributed by atoms with Gasteiger partial charge in [0.15, 0.2) is 0 Å². The number of rotatable bonds is 5. The first-order valence-electron chi connectivity index (χ1n) is 9.96. The number of hydrogen-bond acceptors (Lipinski definition) is 5. The summed E-state index contributed by atoms with van der Waals surface area (Å²) in [6.07, 6.45) is 9.30. The van der Waals surface area contributed by atoms with Crippen LogP contribution in [0.5, 0.6) is 0 Å². The molecule has 0 aliphatic heterocycles. The predicted octanol–water partition coefficient (Wildman–Crippen LogP) is 3.08. The van der Waals surface area contributed by atoms with Crippen LogP contribution in [0.3, 0.4) is 0 Å². The van der Waals surface area contributed by atoms with Crippen molar-refractivity contribution in [3.8, 4) is 0 Å². The van der Waals surface area contributed by atoms with Crippen molar-refractivity contribution in [3.63, 3.8) is 0 Å². The van der Waals surface area contributed by atoms with E-state index in [1.165, 1.54) is 43.4 Å². The summed E-state index contributed by atoms with van der Waals surface area (Å²) in [7, 11) is 0. The molecule has 5 aliphatic rings. The summed E-state index contributed by atoms with van der Waals surface area (Å²) in [5.41, 5.74) is -0.217. The first-order chi connectivity index (χ1) is 12.5. The molecule has 5 aliphatic carbocycles.